The molecule has 4 nitrogen and oxygen atoms in total. The summed E-state index contributed by atoms with van der Waals surface area (Å²) in [6.07, 6.45) is 3.24. The van der Waals surface area contributed by atoms with Crippen molar-refractivity contribution in [1.29, 1.82) is 5.26 Å². The lowest BCUT2D eigenvalue weighted by atomic mass is 9.94. The zero-order valence-electron chi connectivity index (χ0n) is 11.5. The molecule has 1 aliphatic heterocycles. The van der Waals surface area contributed by atoms with Crippen molar-refractivity contribution in [2.24, 2.45) is 13.0 Å². The van der Waals surface area contributed by atoms with Crippen molar-refractivity contribution in [3.63, 3.8) is 0 Å². The van der Waals surface area contributed by atoms with Crippen LogP contribution < -0.4 is 5.32 Å². The fourth-order valence-corrected chi connectivity index (χ4v) is 2.75. The molecule has 1 fully saturated rings. The van der Waals surface area contributed by atoms with Crippen LogP contribution in [-0.4, -0.2) is 35.6 Å². The third-order valence-corrected chi connectivity index (χ3v) is 3.85. The lowest BCUT2D eigenvalue weighted by molar-refractivity contribution is 0.174. The van der Waals surface area contributed by atoms with E-state index in [0.29, 0.717) is 12.0 Å². The number of hydrogen-bond acceptors (Lipinski definition) is 3. The first kappa shape index (κ1) is 13.1. The average Bonchev–Trinajstić information content (AvgIpc) is 2.69. The highest BCUT2D eigenvalue weighted by atomic mass is 15.1. The highest BCUT2D eigenvalue weighted by molar-refractivity contribution is 5.28. The highest BCUT2D eigenvalue weighted by Gasteiger charge is 2.23. The van der Waals surface area contributed by atoms with Gasteiger partial charge < -0.3 is 14.8 Å². The molecule has 0 radical (unpaired) electrons. The number of nitrogens with zero attached hydrogens (tertiary/aromatic N) is 3. The van der Waals surface area contributed by atoms with E-state index in [1.807, 2.05) is 23.9 Å². The molecule has 1 aliphatic rings. The molecule has 0 saturated carbocycles. The van der Waals surface area contributed by atoms with E-state index in [1.54, 1.807) is 0 Å². The fraction of sp³-hybridized carbons (Fsp3) is 0.643. The van der Waals surface area contributed by atoms with Crippen LogP contribution in [0.3, 0.4) is 0 Å². The predicted molar refractivity (Wildman–Crippen MR) is 72.0 cm³/mol. The smallest absolute Gasteiger partial charge is 0.120 e. The van der Waals surface area contributed by atoms with E-state index < -0.39 is 0 Å². The van der Waals surface area contributed by atoms with E-state index in [2.05, 4.69) is 30.3 Å². The molecule has 1 saturated heterocycles. The van der Waals surface area contributed by atoms with Crippen LogP contribution in [0, 0.1) is 17.2 Å². The minimum absolute atomic E-state index is 0.590. The fourth-order valence-electron chi connectivity index (χ4n) is 2.75. The van der Waals surface area contributed by atoms with Crippen LogP contribution in [0.1, 0.15) is 24.6 Å². The quantitative estimate of drug-likeness (QED) is 0.875. The first-order valence-corrected chi connectivity index (χ1v) is 6.57. The summed E-state index contributed by atoms with van der Waals surface area (Å²) in [4.78, 5) is 2.39. The molecule has 2 rings (SSSR count). The second-order valence-electron chi connectivity index (χ2n) is 5.47. The molecule has 1 aromatic heterocycles. The van der Waals surface area contributed by atoms with Gasteiger partial charge in [-0.05, 0) is 37.6 Å². The molecule has 0 spiro atoms. The van der Waals surface area contributed by atoms with Crippen LogP contribution in [0.5, 0.6) is 0 Å². The first-order valence-electron chi connectivity index (χ1n) is 6.57. The van der Waals surface area contributed by atoms with Gasteiger partial charge in [0, 0.05) is 32.4 Å². The molecule has 0 aromatic carbocycles. The maximum absolute atomic E-state index is 8.92. The van der Waals surface area contributed by atoms with Crippen LogP contribution in [-0.2, 0) is 13.6 Å². The zero-order chi connectivity index (χ0) is 13.1. The molecule has 0 amide bonds. The Morgan fingerprint density at radius 2 is 2.28 bits per heavy atom. The van der Waals surface area contributed by atoms with Gasteiger partial charge in [-0.2, -0.15) is 5.26 Å². The van der Waals surface area contributed by atoms with Crippen LogP contribution in [0.25, 0.3) is 0 Å². The SMILES string of the molecule is CC1CN(C)CCC1NCc1cc(C#N)n(C)c1. The number of likely N-dealkylation sites (tertiary alicyclic amines) is 1. The molecule has 4 heteroatoms. The number of aromatic nitrogens is 1. The van der Waals surface area contributed by atoms with Gasteiger partial charge in [0.2, 0.25) is 0 Å². The molecule has 1 N–H and O–H groups in total. The maximum atomic E-state index is 8.92. The van der Waals surface area contributed by atoms with Gasteiger partial charge in [-0.15, -0.1) is 0 Å². The van der Waals surface area contributed by atoms with Gasteiger partial charge in [0.15, 0.2) is 0 Å². The lowest BCUT2D eigenvalue weighted by Crippen LogP contribution is -2.46. The number of nitriles is 1. The number of rotatable bonds is 3. The van der Waals surface area contributed by atoms with Crippen LogP contribution in [0.4, 0.5) is 0 Å². The minimum atomic E-state index is 0.590. The minimum Gasteiger partial charge on any atom is -0.342 e. The Morgan fingerprint density at radius 3 is 2.89 bits per heavy atom. The van der Waals surface area contributed by atoms with Crippen LogP contribution >= 0.6 is 0 Å². The Morgan fingerprint density at radius 1 is 1.50 bits per heavy atom. The Balaban J connectivity index is 1.89. The monoisotopic (exact) mass is 246 g/mol. The molecule has 2 atom stereocenters. The van der Waals surface area contributed by atoms with Gasteiger partial charge >= 0.3 is 0 Å². The van der Waals surface area contributed by atoms with Crippen molar-refractivity contribution in [3.05, 3.63) is 23.5 Å². The molecular formula is C14H22N4. The Labute approximate surface area is 109 Å². The average molecular weight is 246 g/mol. The molecule has 1 aromatic rings. The highest BCUT2D eigenvalue weighted by Crippen LogP contribution is 2.16. The number of hydrogen-bond donors (Lipinski definition) is 1. The van der Waals surface area contributed by atoms with Gasteiger partial charge in [-0.3, -0.25) is 0 Å². The summed E-state index contributed by atoms with van der Waals surface area (Å²) >= 11 is 0. The van der Waals surface area contributed by atoms with Gasteiger partial charge in [-0.25, -0.2) is 0 Å². The molecule has 18 heavy (non-hydrogen) atoms. The molecule has 0 bridgehead atoms. The zero-order valence-corrected chi connectivity index (χ0v) is 11.5. The summed E-state index contributed by atoms with van der Waals surface area (Å²) < 4.78 is 1.88. The van der Waals surface area contributed by atoms with Crippen molar-refractivity contribution in [3.8, 4) is 6.07 Å². The lowest BCUT2D eigenvalue weighted by Gasteiger charge is -2.35. The largest absolute Gasteiger partial charge is 0.342 e. The van der Waals surface area contributed by atoms with Crippen LogP contribution in [0.2, 0.25) is 0 Å². The van der Waals surface area contributed by atoms with Crippen molar-refractivity contribution in [2.75, 3.05) is 20.1 Å². The van der Waals surface area contributed by atoms with Crippen molar-refractivity contribution < 1.29 is 0 Å². The van der Waals surface area contributed by atoms with E-state index >= 15 is 0 Å². The standard InChI is InChI=1S/C14H22N4/c1-11-9-17(2)5-4-14(11)16-8-12-6-13(7-15)18(3)10-12/h6,10-11,14,16H,4-5,8-9H2,1-3H3. The molecular weight excluding hydrogens is 224 g/mol. The number of aryl methyl sites for hydroxylation is 1. The second kappa shape index (κ2) is 5.55. The third-order valence-electron chi connectivity index (χ3n) is 3.85. The Bertz CT molecular complexity index is 443. The second-order valence-corrected chi connectivity index (χ2v) is 5.47. The van der Waals surface area contributed by atoms with E-state index in [1.165, 1.54) is 18.5 Å². The predicted octanol–water partition coefficient (Wildman–Crippen LogP) is 1.33. The number of piperidine rings is 1. The van der Waals surface area contributed by atoms with Crippen LogP contribution in [0.15, 0.2) is 12.3 Å². The molecule has 2 unspecified atom stereocenters. The summed E-state index contributed by atoms with van der Waals surface area (Å²) in [6.45, 7) is 5.49. The van der Waals surface area contributed by atoms with Crippen molar-refractivity contribution >= 4 is 0 Å². The molecule has 98 valence electrons. The maximum Gasteiger partial charge on any atom is 0.120 e. The molecule has 2 heterocycles. The van der Waals surface area contributed by atoms with Gasteiger partial charge in [0.1, 0.15) is 11.8 Å². The van der Waals surface area contributed by atoms with Crippen molar-refractivity contribution in [2.45, 2.75) is 25.9 Å². The summed E-state index contributed by atoms with van der Waals surface area (Å²) in [5, 5.41) is 12.5. The topological polar surface area (TPSA) is 44.0 Å². The summed E-state index contributed by atoms with van der Waals surface area (Å²) in [5.74, 6) is 0.683. The van der Waals surface area contributed by atoms with E-state index in [0.717, 1.165) is 18.8 Å². The number of nitrogens with one attached hydrogen (secondary N) is 1. The third kappa shape index (κ3) is 2.92. The Hall–Kier alpha value is -1.31. The van der Waals surface area contributed by atoms with Gasteiger partial charge in [-0.1, -0.05) is 6.92 Å². The summed E-state index contributed by atoms with van der Waals surface area (Å²) in [7, 11) is 4.10. The van der Waals surface area contributed by atoms with E-state index in [-0.39, 0.29) is 0 Å². The van der Waals surface area contributed by atoms with Crippen molar-refractivity contribution in [1.82, 2.24) is 14.8 Å². The first-order chi connectivity index (χ1) is 8.60. The molecule has 0 aliphatic carbocycles. The Kier molecular flexibility index (Phi) is 4.05. The van der Waals surface area contributed by atoms with E-state index in [9.17, 15) is 0 Å². The summed E-state index contributed by atoms with van der Waals surface area (Å²) in [5.41, 5.74) is 1.92. The summed E-state index contributed by atoms with van der Waals surface area (Å²) in [6, 6.07) is 4.75. The van der Waals surface area contributed by atoms with E-state index in [4.69, 9.17) is 5.26 Å². The van der Waals surface area contributed by atoms with Gasteiger partial charge in [0.05, 0.1) is 0 Å². The van der Waals surface area contributed by atoms with Gasteiger partial charge in [0.25, 0.3) is 0 Å². The normalized spacial score (nSPS) is 25.0.